The zero-order chi connectivity index (χ0) is 22.8. The summed E-state index contributed by atoms with van der Waals surface area (Å²) in [6.07, 6.45) is 8.99. The van der Waals surface area contributed by atoms with Crippen LogP contribution in [0.3, 0.4) is 0 Å². The second kappa shape index (κ2) is 8.79. The second-order valence-electron chi connectivity index (χ2n) is 8.32. The average molecular weight is 441 g/mol. The average Bonchev–Trinajstić information content (AvgIpc) is 3.70. The van der Waals surface area contributed by atoms with E-state index in [2.05, 4.69) is 26.5 Å². The minimum Gasteiger partial charge on any atom is -0.340 e. The van der Waals surface area contributed by atoms with Crippen LogP contribution in [-0.4, -0.2) is 57.9 Å². The summed E-state index contributed by atoms with van der Waals surface area (Å²) in [6, 6.07) is 12.9. The maximum Gasteiger partial charge on any atom is 0.321 e. The monoisotopic (exact) mass is 440 g/mol. The van der Waals surface area contributed by atoms with Crippen LogP contribution in [0.2, 0.25) is 0 Å². The number of hydrogen-bond acceptors (Lipinski definition) is 5. The van der Waals surface area contributed by atoms with Crippen molar-refractivity contribution in [2.24, 2.45) is 5.92 Å². The lowest BCUT2D eigenvalue weighted by Gasteiger charge is -2.34. The Bertz CT molecular complexity index is 1260. The van der Waals surface area contributed by atoms with E-state index in [-0.39, 0.29) is 17.9 Å². The minimum absolute atomic E-state index is 0.180. The fraction of sp³-hybridized carbons (Fsp3) is 0.280. The standard InChI is InChI=1S/C25H24N6O2/c1-2-17-4-3-5-19(14-17)28-23-21-15-20(8-9-22(21)26-16-27-23)29-25(33)31-12-10-30(11-13-31)24(32)18-6-7-18/h1,3-5,8-9,14-16,18H,6-7,10-13H2,(H,29,33)(H,26,27,28). The Morgan fingerprint density at radius 2 is 1.76 bits per heavy atom. The van der Waals surface area contributed by atoms with Crippen molar-refractivity contribution in [1.82, 2.24) is 19.8 Å². The predicted octanol–water partition coefficient (Wildman–Crippen LogP) is 3.44. The number of fused-ring (bicyclic) bond motifs is 1. The maximum absolute atomic E-state index is 12.8. The van der Waals surface area contributed by atoms with Crippen LogP contribution in [0, 0.1) is 18.3 Å². The highest BCUT2D eigenvalue weighted by atomic mass is 16.2. The molecule has 33 heavy (non-hydrogen) atoms. The molecule has 3 amide bonds. The molecule has 1 aliphatic heterocycles. The first-order chi connectivity index (χ1) is 16.1. The molecule has 3 aromatic rings. The quantitative estimate of drug-likeness (QED) is 0.607. The van der Waals surface area contributed by atoms with Gasteiger partial charge in [-0.3, -0.25) is 4.79 Å². The summed E-state index contributed by atoms with van der Waals surface area (Å²) >= 11 is 0. The lowest BCUT2D eigenvalue weighted by atomic mass is 10.2. The number of rotatable bonds is 4. The highest BCUT2D eigenvalue weighted by Crippen LogP contribution is 2.31. The summed E-state index contributed by atoms with van der Waals surface area (Å²) in [5, 5.41) is 7.03. The fourth-order valence-corrected chi connectivity index (χ4v) is 3.98. The Morgan fingerprint density at radius 3 is 2.52 bits per heavy atom. The highest BCUT2D eigenvalue weighted by Gasteiger charge is 2.35. The molecule has 0 atom stereocenters. The normalized spacial score (nSPS) is 15.7. The number of carbonyl (C=O) groups excluding carboxylic acids is 2. The molecule has 2 aromatic carbocycles. The second-order valence-corrected chi connectivity index (χ2v) is 8.32. The lowest BCUT2D eigenvalue weighted by molar-refractivity contribution is -0.133. The van der Waals surface area contributed by atoms with Gasteiger partial charge in [-0.15, -0.1) is 6.42 Å². The number of amides is 3. The number of nitrogens with one attached hydrogen (secondary N) is 2. The SMILES string of the molecule is C#Cc1cccc(Nc2ncnc3ccc(NC(=O)N4CCN(C(=O)C5CC5)CC4)cc23)c1. The van der Waals surface area contributed by atoms with E-state index in [1.807, 2.05) is 47.4 Å². The van der Waals surface area contributed by atoms with Gasteiger partial charge in [0, 0.05) is 54.4 Å². The van der Waals surface area contributed by atoms with E-state index >= 15 is 0 Å². The molecule has 2 aliphatic rings. The zero-order valence-corrected chi connectivity index (χ0v) is 18.1. The van der Waals surface area contributed by atoms with Crippen molar-refractivity contribution in [3.63, 3.8) is 0 Å². The summed E-state index contributed by atoms with van der Waals surface area (Å²) in [5.74, 6) is 3.69. The van der Waals surface area contributed by atoms with Gasteiger partial charge < -0.3 is 20.4 Å². The number of hydrogen-bond donors (Lipinski definition) is 2. The van der Waals surface area contributed by atoms with Crippen molar-refractivity contribution in [2.45, 2.75) is 12.8 Å². The maximum atomic E-state index is 12.8. The molecule has 1 saturated heterocycles. The number of benzene rings is 2. The third-order valence-corrected chi connectivity index (χ3v) is 5.98. The first-order valence-electron chi connectivity index (χ1n) is 11.0. The minimum atomic E-state index is -0.180. The molecule has 1 aromatic heterocycles. The molecule has 0 unspecified atom stereocenters. The van der Waals surface area contributed by atoms with Gasteiger partial charge in [-0.05, 0) is 49.2 Å². The van der Waals surface area contributed by atoms with Crippen molar-refractivity contribution in [3.8, 4) is 12.3 Å². The third-order valence-electron chi connectivity index (χ3n) is 5.98. The Kier molecular flexibility index (Phi) is 5.53. The number of carbonyl (C=O) groups is 2. The highest BCUT2D eigenvalue weighted by molar-refractivity contribution is 5.97. The number of anilines is 3. The smallest absolute Gasteiger partial charge is 0.321 e. The van der Waals surface area contributed by atoms with Gasteiger partial charge in [-0.2, -0.15) is 0 Å². The van der Waals surface area contributed by atoms with E-state index in [4.69, 9.17) is 6.42 Å². The van der Waals surface area contributed by atoms with Crippen LogP contribution in [0.25, 0.3) is 10.9 Å². The third kappa shape index (κ3) is 4.58. The molecule has 0 spiro atoms. The Labute approximate surface area is 192 Å². The summed E-state index contributed by atoms with van der Waals surface area (Å²) < 4.78 is 0. The van der Waals surface area contributed by atoms with Crippen LogP contribution < -0.4 is 10.6 Å². The fourth-order valence-electron chi connectivity index (χ4n) is 3.98. The Balaban J connectivity index is 1.29. The van der Waals surface area contributed by atoms with Gasteiger partial charge in [0.05, 0.1) is 5.52 Å². The van der Waals surface area contributed by atoms with Crippen molar-refractivity contribution < 1.29 is 9.59 Å². The zero-order valence-electron chi connectivity index (χ0n) is 18.1. The van der Waals surface area contributed by atoms with Crippen molar-refractivity contribution in [1.29, 1.82) is 0 Å². The van der Waals surface area contributed by atoms with E-state index in [0.717, 1.165) is 35.0 Å². The molecule has 5 rings (SSSR count). The van der Waals surface area contributed by atoms with Crippen LogP contribution in [0.4, 0.5) is 22.0 Å². The predicted molar refractivity (Wildman–Crippen MR) is 127 cm³/mol. The van der Waals surface area contributed by atoms with Gasteiger partial charge in [0.15, 0.2) is 0 Å². The number of nitrogens with zero attached hydrogens (tertiary/aromatic N) is 4. The molecule has 2 heterocycles. The van der Waals surface area contributed by atoms with Gasteiger partial charge in [0.2, 0.25) is 5.91 Å². The molecule has 0 bridgehead atoms. The van der Waals surface area contributed by atoms with Crippen molar-refractivity contribution >= 4 is 40.0 Å². The van der Waals surface area contributed by atoms with Crippen molar-refractivity contribution in [3.05, 3.63) is 54.4 Å². The molecule has 0 radical (unpaired) electrons. The molecular formula is C25H24N6O2. The molecule has 2 N–H and O–H groups in total. The first-order valence-corrected chi connectivity index (χ1v) is 11.0. The lowest BCUT2D eigenvalue weighted by Crippen LogP contribution is -2.52. The number of piperazine rings is 1. The molecule has 8 heteroatoms. The van der Waals surface area contributed by atoms with Gasteiger partial charge in [0.25, 0.3) is 0 Å². The van der Waals surface area contributed by atoms with E-state index < -0.39 is 0 Å². The van der Waals surface area contributed by atoms with Crippen LogP contribution >= 0.6 is 0 Å². The van der Waals surface area contributed by atoms with E-state index in [1.54, 1.807) is 4.90 Å². The van der Waals surface area contributed by atoms with Gasteiger partial charge in [0.1, 0.15) is 12.1 Å². The van der Waals surface area contributed by atoms with E-state index in [9.17, 15) is 9.59 Å². The molecule has 1 aliphatic carbocycles. The van der Waals surface area contributed by atoms with Crippen LogP contribution in [0.5, 0.6) is 0 Å². The largest absolute Gasteiger partial charge is 0.340 e. The van der Waals surface area contributed by atoms with Crippen molar-refractivity contribution in [2.75, 3.05) is 36.8 Å². The Hall–Kier alpha value is -4.12. The van der Waals surface area contributed by atoms with Gasteiger partial charge in [-0.25, -0.2) is 14.8 Å². The molecule has 2 fully saturated rings. The summed E-state index contributed by atoms with van der Waals surface area (Å²) in [6.45, 7) is 2.22. The molecule has 166 valence electrons. The number of urea groups is 1. The summed E-state index contributed by atoms with van der Waals surface area (Å²) in [7, 11) is 0. The van der Waals surface area contributed by atoms with E-state index in [0.29, 0.717) is 37.7 Å². The van der Waals surface area contributed by atoms with Crippen LogP contribution in [0.1, 0.15) is 18.4 Å². The van der Waals surface area contributed by atoms with Gasteiger partial charge >= 0.3 is 6.03 Å². The van der Waals surface area contributed by atoms with Crippen LogP contribution in [0.15, 0.2) is 48.8 Å². The number of aromatic nitrogens is 2. The van der Waals surface area contributed by atoms with Gasteiger partial charge in [-0.1, -0.05) is 12.0 Å². The molecule has 8 nitrogen and oxygen atoms in total. The summed E-state index contributed by atoms with van der Waals surface area (Å²) in [4.78, 5) is 37.4. The first kappa shape index (κ1) is 20.8. The number of terminal acetylenes is 1. The topological polar surface area (TPSA) is 90.5 Å². The molecule has 1 saturated carbocycles. The van der Waals surface area contributed by atoms with E-state index in [1.165, 1.54) is 6.33 Å². The summed E-state index contributed by atoms with van der Waals surface area (Å²) in [5.41, 5.74) is 2.99. The Morgan fingerprint density at radius 1 is 0.970 bits per heavy atom. The van der Waals surface area contributed by atoms with Crippen LogP contribution in [-0.2, 0) is 4.79 Å². The molecular weight excluding hydrogens is 416 g/mol.